The average Bonchev–Trinajstić information content (AvgIpc) is 2.78. The van der Waals surface area contributed by atoms with Gasteiger partial charge in [-0.15, -0.1) is 0 Å². The van der Waals surface area contributed by atoms with Crippen LogP contribution in [0, 0.1) is 25.5 Å². The Morgan fingerprint density at radius 3 is 2.63 bits per heavy atom. The fourth-order valence-corrected chi connectivity index (χ4v) is 2.66. The van der Waals surface area contributed by atoms with Gasteiger partial charge in [0.25, 0.3) is 0 Å². The number of hydrogen-bond acceptors (Lipinski definition) is 1. The van der Waals surface area contributed by atoms with Crippen LogP contribution in [-0.2, 0) is 6.42 Å². The molecule has 3 rings (SSSR count). The third kappa shape index (κ3) is 1.99. The summed E-state index contributed by atoms with van der Waals surface area (Å²) in [5.41, 5.74) is 5.22. The molecular formula is C16H15F2N. The van der Waals surface area contributed by atoms with E-state index in [0.29, 0.717) is 5.56 Å². The van der Waals surface area contributed by atoms with E-state index in [1.54, 1.807) is 0 Å². The van der Waals surface area contributed by atoms with Crippen LogP contribution in [0.5, 0.6) is 0 Å². The van der Waals surface area contributed by atoms with E-state index in [1.807, 2.05) is 0 Å². The van der Waals surface area contributed by atoms with Gasteiger partial charge in [0.05, 0.1) is 6.04 Å². The lowest BCUT2D eigenvalue weighted by Gasteiger charge is -2.14. The molecule has 1 aliphatic rings. The molecule has 19 heavy (non-hydrogen) atoms. The van der Waals surface area contributed by atoms with Gasteiger partial charge < -0.3 is 5.32 Å². The highest BCUT2D eigenvalue weighted by atomic mass is 19.1. The Morgan fingerprint density at radius 2 is 1.89 bits per heavy atom. The number of nitrogens with one attached hydrogen (secondary N) is 1. The fourth-order valence-electron chi connectivity index (χ4n) is 2.66. The molecule has 1 atom stereocenters. The van der Waals surface area contributed by atoms with Gasteiger partial charge in [-0.2, -0.15) is 0 Å². The molecule has 0 radical (unpaired) electrons. The van der Waals surface area contributed by atoms with Crippen LogP contribution in [0.25, 0.3) is 0 Å². The quantitative estimate of drug-likeness (QED) is 0.805. The van der Waals surface area contributed by atoms with E-state index >= 15 is 0 Å². The SMILES string of the molecule is Cc1ccc2c(c1C)NC(c1ccc(F)cc1F)C2. The van der Waals surface area contributed by atoms with E-state index < -0.39 is 11.6 Å². The fraction of sp³-hybridized carbons (Fsp3) is 0.250. The summed E-state index contributed by atoms with van der Waals surface area (Å²) in [7, 11) is 0. The highest BCUT2D eigenvalue weighted by Crippen LogP contribution is 2.38. The number of aryl methyl sites for hydroxylation is 1. The van der Waals surface area contributed by atoms with E-state index in [-0.39, 0.29) is 6.04 Å². The maximum absolute atomic E-state index is 13.8. The number of hydrogen-bond donors (Lipinski definition) is 1. The van der Waals surface area contributed by atoms with E-state index in [9.17, 15) is 8.78 Å². The third-order valence-electron chi connectivity index (χ3n) is 3.90. The Hall–Kier alpha value is -1.90. The van der Waals surface area contributed by atoms with Crippen molar-refractivity contribution in [2.45, 2.75) is 26.3 Å². The van der Waals surface area contributed by atoms with Gasteiger partial charge in [-0.05, 0) is 43.0 Å². The standard InChI is InChI=1S/C16H15F2N/c1-9-3-4-11-7-15(19-16(11)10(9)2)13-6-5-12(17)8-14(13)18/h3-6,8,15,19H,7H2,1-2H3. The normalized spacial score (nSPS) is 17.2. The van der Waals surface area contributed by atoms with Gasteiger partial charge in [-0.1, -0.05) is 18.2 Å². The van der Waals surface area contributed by atoms with E-state index in [1.165, 1.54) is 28.8 Å². The van der Waals surface area contributed by atoms with Gasteiger partial charge in [-0.25, -0.2) is 8.78 Å². The Labute approximate surface area is 111 Å². The zero-order chi connectivity index (χ0) is 13.6. The second kappa shape index (κ2) is 4.34. The van der Waals surface area contributed by atoms with Crippen LogP contribution >= 0.6 is 0 Å². The Morgan fingerprint density at radius 1 is 1.11 bits per heavy atom. The molecule has 98 valence electrons. The molecule has 1 aliphatic heterocycles. The van der Waals surface area contributed by atoms with E-state index in [4.69, 9.17) is 0 Å². The number of benzene rings is 2. The van der Waals surface area contributed by atoms with Crippen molar-refractivity contribution in [1.29, 1.82) is 0 Å². The molecule has 0 aromatic heterocycles. The average molecular weight is 259 g/mol. The minimum Gasteiger partial charge on any atom is -0.377 e. The summed E-state index contributed by atoms with van der Waals surface area (Å²) in [4.78, 5) is 0. The first kappa shape index (κ1) is 12.2. The largest absolute Gasteiger partial charge is 0.377 e. The van der Waals surface area contributed by atoms with E-state index in [2.05, 4.69) is 31.3 Å². The lowest BCUT2D eigenvalue weighted by atomic mass is 10.0. The first-order chi connectivity index (χ1) is 9.06. The summed E-state index contributed by atoms with van der Waals surface area (Å²) in [6, 6.07) is 7.82. The summed E-state index contributed by atoms with van der Waals surface area (Å²) in [5.74, 6) is -1.02. The van der Waals surface area contributed by atoms with Crippen LogP contribution in [-0.4, -0.2) is 0 Å². The van der Waals surface area contributed by atoms with Crippen molar-refractivity contribution in [3.8, 4) is 0 Å². The van der Waals surface area contributed by atoms with Crippen molar-refractivity contribution in [2.75, 3.05) is 5.32 Å². The number of halogens is 2. The maximum atomic E-state index is 13.8. The molecule has 2 aromatic carbocycles. The maximum Gasteiger partial charge on any atom is 0.131 e. The summed E-state index contributed by atoms with van der Waals surface area (Å²) in [6.07, 6.45) is 0.735. The molecule has 1 N–H and O–H groups in total. The molecule has 0 fully saturated rings. The van der Waals surface area contributed by atoms with Gasteiger partial charge in [0.2, 0.25) is 0 Å². The van der Waals surface area contributed by atoms with E-state index in [0.717, 1.165) is 18.2 Å². The molecule has 1 heterocycles. The summed E-state index contributed by atoms with van der Waals surface area (Å²) in [5, 5.41) is 3.36. The predicted octanol–water partition coefficient (Wildman–Crippen LogP) is 4.29. The summed E-state index contributed by atoms with van der Waals surface area (Å²) >= 11 is 0. The van der Waals surface area contributed by atoms with Gasteiger partial charge >= 0.3 is 0 Å². The molecule has 1 unspecified atom stereocenters. The molecule has 0 aliphatic carbocycles. The highest BCUT2D eigenvalue weighted by Gasteiger charge is 2.25. The van der Waals surface area contributed by atoms with Crippen molar-refractivity contribution in [3.05, 3.63) is 64.2 Å². The Balaban J connectivity index is 1.97. The first-order valence-electron chi connectivity index (χ1n) is 6.37. The highest BCUT2D eigenvalue weighted by molar-refractivity contribution is 5.65. The zero-order valence-electron chi connectivity index (χ0n) is 10.9. The molecule has 0 spiro atoms. The second-order valence-electron chi connectivity index (χ2n) is 5.11. The molecular weight excluding hydrogens is 244 g/mol. The molecule has 0 bridgehead atoms. The summed E-state index contributed by atoms with van der Waals surface area (Å²) in [6.45, 7) is 4.12. The van der Waals surface area contributed by atoms with Gasteiger partial charge in [0.1, 0.15) is 11.6 Å². The third-order valence-corrected chi connectivity index (χ3v) is 3.90. The lowest BCUT2D eigenvalue weighted by Crippen LogP contribution is -2.08. The van der Waals surface area contributed by atoms with Crippen LogP contribution < -0.4 is 5.32 Å². The topological polar surface area (TPSA) is 12.0 Å². The zero-order valence-corrected chi connectivity index (χ0v) is 10.9. The molecule has 2 aromatic rings. The Bertz CT molecular complexity index is 649. The molecule has 0 amide bonds. The Kier molecular flexibility index (Phi) is 2.77. The number of anilines is 1. The predicted molar refractivity (Wildman–Crippen MR) is 72.3 cm³/mol. The van der Waals surface area contributed by atoms with Crippen molar-refractivity contribution in [3.63, 3.8) is 0 Å². The molecule has 3 heteroatoms. The van der Waals surface area contributed by atoms with Crippen molar-refractivity contribution in [1.82, 2.24) is 0 Å². The monoisotopic (exact) mass is 259 g/mol. The molecule has 0 saturated carbocycles. The van der Waals surface area contributed by atoms with Crippen molar-refractivity contribution in [2.24, 2.45) is 0 Å². The van der Waals surface area contributed by atoms with Gasteiger partial charge in [-0.3, -0.25) is 0 Å². The number of fused-ring (bicyclic) bond motifs is 1. The first-order valence-corrected chi connectivity index (χ1v) is 6.37. The van der Waals surface area contributed by atoms with Crippen LogP contribution in [0.3, 0.4) is 0 Å². The van der Waals surface area contributed by atoms with Crippen LogP contribution in [0.1, 0.15) is 28.3 Å². The van der Waals surface area contributed by atoms with Crippen molar-refractivity contribution >= 4 is 5.69 Å². The van der Waals surface area contributed by atoms with Crippen LogP contribution in [0.2, 0.25) is 0 Å². The smallest absolute Gasteiger partial charge is 0.131 e. The van der Waals surface area contributed by atoms with Gasteiger partial charge in [0.15, 0.2) is 0 Å². The van der Waals surface area contributed by atoms with Crippen molar-refractivity contribution < 1.29 is 8.78 Å². The lowest BCUT2D eigenvalue weighted by molar-refractivity contribution is 0.563. The number of rotatable bonds is 1. The molecule has 1 nitrogen and oxygen atoms in total. The van der Waals surface area contributed by atoms with Gasteiger partial charge in [0, 0.05) is 17.3 Å². The summed E-state index contributed by atoms with van der Waals surface area (Å²) < 4.78 is 26.8. The minimum absolute atomic E-state index is 0.115. The molecule has 0 saturated heterocycles. The van der Waals surface area contributed by atoms with Crippen LogP contribution in [0.15, 0.2) is 30.3 Å². The minimum atomic E-state index is -0.538. The second-order valence-corrected chi connectivity index (χ2v) is 5.11. The van der Waals surface area contributed by atoms with Crippen LogP contribution in [0.4, 0.5) is 14.5 Å².